The lowest BCUT2D eigenvalue weighted by Gasteiger charge is -2.43. The zero-order chi connectivity index (χ0) is 14.1. The molecule has 3 nitrogen and oxygen atoms in total. The molecule has 1 amide bonds. The van der Waals surface area contributed by atoms with Gasteiger partial charge in [-0.3, -0.25) is 4.79 Å². The fourth-order valence-corrected chi connectivity index (χ4v) is 3.64. The Balaban J connectivity index is 1.83. The number of ether oxygens (including phenoxy) is 1. The van der Waals surface area contributed by atoms with Gasteiger partial charge in [-0.15, -0.1) is 0 Å². The molecule has 0 bridgehead atoms. The Morgan fingerprint density at radius 3 is 2.95 bits per heavy atom. The summed E-state index contributed by atoms with van der Waals surface area (Å²) >= 11 is 9.37. The van der Waals surface area contributed by atoms with E-state index in [9.17, 15) is 4.79 Å². The average molecular weight is 359 g/mol. The van der Waals surface area contributed by atoms with E-state index >= 15 is 0 Å². The summed E-state index contributed by atoms with van der Waals surface area (Å²) < 4.78 is 6.58. The second-order valence-electron chi connectivity index (χ2n) is 5.39. The zero-order valence-corrected chi connectivity index (χ0v) is 13.5. The highest BCUT2D eigenvalue weighted by Crippen LogP contribution is 2.30. The number of halogens is 2. The van der Waals surface area contributed by atoms with E-state index in [0.717, 1.165) is 17.3 Å². The number of carbonyl (C=O) groups excluding carboxylic acids is 1. The molecule has 1 aliphatic carbocycles. The number of carbonyl (C=O) groups is 1. The van der Waals surface area contributed by atoms with Crippen LogP contribution in [0, 0.1) is 0 Å². The Morgan fingerprint density at radius 2 is 2.15 bits per heavy atom. The number of benzene rings is 1. The molecular weight excluding hydrogens is 342 g/mol. The van der Waals surface area contributed by atoms with Crippen LogP contribution >= 0.6 is 27.5 Å². The Labute approximate surface area is 132 Å². The molecule has 1 aromatic rings. The molecule has 108 valence electrons. The van der Waals surface area contributed by atoms with E-state index in [1.165, 1.54) is 12.8 Å². The minimum Gasteiger partial charge on any atom is -0.374 e. The highest BCUT2D eigenvalue weighted by molar-refractivity contribution is 9.10. The third kappa shape index (κ3) is 2.74. The molecule has 5 heteroatoms. The Morgan fingerprint density at radius 1 is 1.35 bits per heavy atom. The van der Waals surface area contributed by atoms with Crippen molar-refractivity contribution in [3.8, 4) is 0 Å². The van der Waals surface area contributed by atoms with Crippen molar-refractivity contribution in [3.63, 3.8) is 0 Å². The molecule has 3 rings (SSSR count). The number of hydrogen-bond donors (Lipinski definition) is 0. The van der Waals surface area contributed by atoms with E-state index in [2.05, 4.69) is 15.9 Å². The van der Waals surface area contributed by atoms with Gasteiger partial charge < -0.3 is 9.64 Å². The van der Waals surface area contributed by atoms with Gasteiger partial charge in [-0.25, -0.2) is 0 Å². The first-order valence-corrected chi connectivity index (χ1v) is 8.21. The maximum atomic E-state index is 12.7. The number of nitrogens with zero attached hydrogens (tertiary/aromatic N) is 1. The van der Waals surface area contributed by atoms with Gasteiger partial charge in [0.2, 0.25) is 0 Å². The lowest BCUT2D eigenvalue weighted by molar-refractivity contribution is -0.0752. The fraction of sp³-hybridized carbons (Fsp3) is 0.533. The van der Waals surface area contributed by atoms with Gasteiger partial charge in [-0.2, -0.15) is 0 Å². The van der Waals surface area contributed by atoms with Crippen LogP contribution in [0.15, 0.2) is 22.7 Å². The van der Waals surface area contributed by atoms with Crippen molar-refractivity contribution in [1.29, 1.82) is 0 Å². The monoisotopic (exact) mass is 357 g/mol. The largest absolute Gasteiger partial charge is 0.374 e. The Hall–Kier alpha value is -0.580. The maximum absolute atomic E-state index is 12.7. The van der Waals surface area contributed by atoms with Crippen LogP contribution in [0.3, 0.4) is 0 Å². The number of amides is 1. The molecule has 2 atom stereocenters. The summed E-state index contributed by atoms with van der Waals surface area (Å²) in [4.78, 5) is 14.7. The Kier molecular flexibility index (Phi) is 4.34. The first-order chi connectivity index (χ1) is 9.66. The van der Waals surface area contributed by atoms with E-state index in [-0.39, 0.29) is 18.1 Å². The molecule has 0 N–H and O–H groups in total. The normalized spacial score (nSPS) is 26.2. The summed E-state index contributed by atoms with van der Waals surface area (Å²) in [5.41, 5.74) is 0.687. The highest BCUT2D eigenvalue weighted by Gasteiger charge is 2.36. The van der Waals surface area contributed by atoms with E-state index in [0.29, 0.717) is 23.7 Å². The molecule has 0 spiro atoms. The SMILES string of the molecule is O=C(c1ccc(Cl)c(Br)c1)N1CCOC2CCCCC21. The number of fused-ring (bicyclic) bond motifs is 1. The molecule has 1 saturated heterocycles. The predicted molar refractivity (Wildman–Crippen MR) is 82.2 cm³/mol. The zero-order valence-electron chi connectivity index (χ0n) is 11.1. The van der Waals surface area contributed by atoms with Gasteiger partial charge in [0.05, 0.1) is 23.8 Å². The second-order valence-corrected chi connectivity index (χ2v) is 6.65. The van der Waals surface area contributed by atoms with Crippen molar-refractivity contribution < 1.29 is 9.53 Å². The van der Waals surface area contributed by atoms with Gasteiger partial charge >= 0.3 is 0 Å². The van der Waals surface area contributed by atoms with Crippen LogP contribution in [-0.2, 0) is 4.74 Å². The molecule has 2 fully saturated rings. The lowest BCUT2D eigenvalue weighted by atomic mass is 9.89. The van der Waals surface area contributed by atoms with Crippen molar-refractivity contribution in [2.24, 2.45) is 0 Å². The molecule has 0 aromatic heterocycles. The topological polar surface area (TPSA) is 29.5 Å². The molecule has 1 aromatic carbocycles. The molecular formula is C15H17BrClNO2. The van der Waals surface area contributed by atoms with Crippen molar-refractivity contribution in [2.75, 3.05) is 13.2 Å². The summed E-state index contributed by atoms with van der Waals surface area (Å²) in [7, 11) is 0. The van der Waals surface area contributed by atoms with Crippen molar-refractivity contribution in [2.45, 2.75) is 37.8 Å². The molecule has 1 heterocycles. The van der Waals surface area contributed by atoms with Gasteiger partial charge in [0.1, 0.15) is 0 Å². The standard InChI is InChI=1S/C15H17BrClNO2/c16-11-9-10(5-6-12(11)17)15(19)18-7-8-20-14-4-2-1-3-13(14)18/h5-6,9,13-14H,1-4,7-8H2. The highest BCUT2D eigenvalue weighted by atomic mass is 79.9. The minimum atomic E-state index is 0.0857. The molecule has 2 unspecified atom stereocenters. The summed E-state index contributed by atoms with van der Waals surface area (Å²) in [6.45, 7) is 1.32. The van der Waals surface area contributed by atoms with Crippen LogP contribution in [0.25, 0.3) is 0 Å². The number of rotatable bonds is 1. The van der Waals surface area contributed by atoms with Crippen LogP contribution in [0.5, 0.6) is 0 Å². The number of morpholine rings is 1. The quantitative estimate of drug-likeness (QED) is 0.762. The van der Waals surface area contributed by atoms with E-state index in [1.807, 2.05) is 4.90 Å². The van der Waals surface area contributed by atoms with Crippen LogP contribution < -0.4 is 0 Å². The van der Waals surface area contributed by atoms with Crippen LogP contribution in [0.2, 0.25) is 5.02 Å². The van der Waals surface area contributed by atoms with Gasteiger partial charge in [0.25, 0.3) is 5.91 Å². The summed E-state index contributed by atoms with van der Waals surface area (Å²) in [5, 5.41) is 0.624. The van der Waals surface area contributed by atoms with E-state index in [1.54, 1.807) is 18.2 Å². The molecule has 1 saturated carbocycles. The van der Waals surface area contributed by atoms with Crippen molar-refractivity contribution in [1.82, 2.24) is 4.90 Å². The Bertz CT molecular complexity index is 521. The summed E-state index contributed by atoms with van der Waals surface area (Å²) in [6.07, 6.45) is 4.72. The van der Waals surface area contributed by atoms with E-state index < -0.39 is 0 Å². The fourth-order valence-electron chi connectivity index (χ4n) is 3.14. The first-order valence-electron chi connectivity index (χ1n) is 7.04. The average Bonchev–Trinajstić information content (AvgIpc) is 2.49. The molecule has 0 radical (unpaired) electrons. The van der Waals surface area contributed by atoms with Crippen molar-refractivity contribution >= 4 is 33.4 Å². The number of hydrogen-bond acceptors (Lipinski definition) is 2. The predicted octanol–water partition coefficient (Wildman–Crippen LogP) is 3.89. The van der Waals surface area contributed by atoms with Crippen LogP contribution in [0.4, 0.5) is 0 Å². The smallest absolute Gasteiger partial charge is 0.254 e. The van der Waals surface area contributed by atoms with Crippen LogP contribution in [0.1, 0.15) is 36.0 Å². The second kappa shape index (κ2) is 6.04. The molecule has 2 aliphatic rings. The van der Waals surface area contributed by atoms with Gasteiger partial charge in [-0.05, 0) is 47.0 Å². The summed E-state index contributed by atoms with van der Waals surface area (Å²) in [6, 6.07) is 5.60. The van der Waals surface area contributed by atoms with Crippen LogP contribution in [-0.4, -0.2) is 36.1 Å². The third-order valence-corrected chi connectivity index (χ3v) is 5.37. The van der Waals surface area contributed by atoms with E-state index in [4.69, 9.17) is 16.3 Å². The molecule has 20 heavy (non-hydrogen) atoms. The summed E-state index contributed by atoms with van der Waals surface area (Å²) in [5.74, 6) is 0.0857. The minimum absolute atomic E-state index is 0.0857. The van der Waals surface area contributed by atoms with Crippen molar-refractivity contribution in [3.05, 3.63) is 33.3 Å². The van der Waals surface area contributed by atoms with Gasteiger partial charge in [-0.1, -0.05) is 24.4 Å². The van der Waals surface area contributed by atoms with Gasteiger partial charge in [0.15, 0.2) is 0 Å². The first kappa shape index (κ1) is 14.4. The maximum Gasteiger partial charge on any atom is 0.254 e. The van der Waals surface area contributed by atoms with Gasteiger partial charge in [0, 0.05) is 16.6 Å². The lowest BCUT2D eigenvalue weighted by Crippen LogP contribution is -2.54. The third-order valence-electron chi connectivity index (χ3n) is 4.16. The molecule has 1 aliphatic heterocycles.